The molecule has 1 atom stereocenters. The number of rotatable bonds is 8. The molecule has 0 unspecified atom stereocenters. The van der Waals surface area contributed by atoms with Crippen LogP contribution in [0.2, 0.25) is 0 Å². The molecular weight excluding hydrogens is 318 g/mol. The van der Waals surface area contributed by atoms with Crippen molar-refractivity contribution in [2.45, 2.75) is 26.4 Å². The number of benzene rings is 2. The summed E-state index contributed by atoms with van der Waals surface area (Å²) in [6.07, 6.45) is 0. The van der Waals surface area contributed by atoms with Crippen LogP contribution in [0.25, 0.3) is 0 Å². The molecule has 2 aromatic carbocycles. The van der Waals surface area contributed by atoms with Crippen LogP contribution in [-0.2, 0) is 5.60 Å². The van der Waals surface area contributed by atoms with Crippen LogP contribution in [0.3, 0.4) is 0 Å². The molecule has 0 bridgehead atoms. The Balaban J connectivity index is 2.09. The number of carbonyl (C=O) groups excluding carboxylic acids is 1. The molecule has 0 aromatic heterocycles. The predicted molar refractivity (Wildman–Crippen MR) is 97.1 cm³/mol. The van der Waals surface area contributed by atoms with Gasteiger partial charge in [-0.25, -0.2) is 0 Å². The average Bonchev–Trinajstić information content (AvgIpc) is 2.62. The van der Waals surface area contributed by atoms with Gasteiger partial charge in [0.15, 0.2) is 11.5 Å². The standard InChI is InChI=1S/C20H25NO4/c1-4-24-17-12-11-15(13-18(17)25-5-2)19(22)21-14-20(3,23)16-9-7-6-8-10-16/h6-13,23H,4-5,14H2,1-3H3,(H,21,22)/t20-/m1/s1. The molecular formula is C20H25NO4. The van der Waals surface area contributed by atoms with E-state index in [2.05, 4.69) is 5.32 Å². The molecule has 0 aliphatic carbocycles. The molecule has 0 aliphatic rings. The third kappa shape index (κ3) is 4.97. The average molecular weight is 343 g/mol. The third-order valence-electron chi connectivity index (χ3n) is 3.79. The zero-order chi connectivity index (χ0) is 18.3. The maximum Gasteiger partial charge on any atom is 0.251 e. The summed E-state index contributed by atoms with van der Waals surface area (Å²) in [4.78, 5) is 12.4. The highest BCUT2D eigenvalue weighted by molar-refractivity contribution is 5.94. The third-order valence-corrected chi connectivity index (χ3v) is 3.79. The zero-order valence-electron chi connectivity index (χ0n) is 14.9. The lowest BCUT2D eigenvalue weighted by atomic mass is 9.96. The van der Waals surface area contributed by atoms with E-state index >= 15 is 0 Å². The van der Waals surface area contributed by atoms with Crippen molar-refractivity contribution in [3.63, 3.8) is 0 Å². The minimum Gasteiger partial charge on any atom is -0.490 e. The van der Waals surface area contributed by atoms with Crippen molar-refractivity contribution in [1.82, 2.24) is 5.32 Å². The zero-order valence-corrected chi connectivity index (χ0v) is 14.9. The highest BCUT2D eigenvalue weighted by Gasteiger charge is 2.24. The van der Waals surface area contributed by atoms with E-state index in [1.165, 1.54) is 0 Å². The highest BCUT2D eigenvalue weighted by atomic mass is 16.5. The molecule has 0 aliphatic heterocycles. The summed E-state index contributed by atoms with van der Waals surface area (Å²) in [6, 6.07) is 14.3. The quantitative estimate of drug-likeness (QED) is 0.773. The Hall–Kier alpha value is -2.53. The van der Waals surface area contributed by atoms with Crippen molar-refractivity contribution in [3.8, 4) is 11.5 Å². The second-order valence-electron chi connectivity index (χ2n) is 5.85. The van der Waals surface area contributed by atoms with Gasteiger partial charge in [0, 0.05) is 5.56 Å². The van der Waals surface area contributed by atoms with Crippen LogP contribution >= 0.6 is 0 Å². The first-order valence-corrected chi connectivity index (χ1v) is 8.43. The van der Waals surface area contributed by atoms with Crippen LogP contribution < -0.4 is 14.8 Å². The molecule has 5 heteroatoms. The SMILES string of the molecule is CCOc1ccc(C(=O)NC[C@@](C)(O)c2ccccc2)cc1OCC. The molecule has 2 aromatic rings. The second-order valence-corrected chi connectivity index (χ2v) is 5.85. The first kappa shape index (κ1) is 18.8. The Kier molecular flexibility index (Phi) is 6.42. The van der Waals surface area contributed by atoms with Gasteiger partial charge in [-0.3, -0.25) is 4.79 Å². The molecule has 0 saturated carbocycles. The maximum absolute atomic E-state index is 12.4. The Morgan fingerprint density at radius 2 is 1.68 bits per heavy atom. The normalized spacial score (nSPS) is 13.0. The number of carbonyl (C=O) groups is 1. The summed E-state index contributed by atoms with van der Waals surface area (Å²) in [7, 11) is 0. The molecule has 5 nitrogen and oxygen atoms in total. The van der Waals surface area contributed by atoms with Gasteiger partial charge in [0.25, 0.3) is 5.91 Å². The minimum absolute atomic E-state index is 0.104. The van der Waals surface area contributed by atoms with Gasteiger partial charge in [-0.15, -0.1) is 0 Å². The molecule has 134 valence electrons. The Morgan fingerprint density at radius 1 is 1.04 bits per heavy atom. The van der Waals surface area contributed by atoms with Crippen molar-refractivity contribution >= 4 is 5.91 Å². The Morgan fingerprint density at radius 3 is 2.32 bits per heavy atom. The summed E-state index contributed by atoms with van der Waals surface area (Å²) in [5, 5.41) is 13.3. The fraction of sp³-hybridized carbons (Fsp3) is 0.350. The van der Waals surface area contributed by atoms with Crippen molar-refractivity contribution < 1.29 is 19.4 Å². The lowest BCUT2D eigenvalue weighted by molar-refractivity contribution is 0.0526. The molecule has 25 heavy (non-hydrogen) atoms. The van der Waals surface area contributed by atoms with E-state index in [1.54, 1.807) is 25.1 Å². The summed E-state index contributed by atoms with van der Waals surface area (Å²) in [5.74, 6) is 0.865. The van der Waals surface area contributed by atoms with Gasteiger partial charge in [0.2, 0.25) is 0 Å². The summed E-state index contributed by atoms with van der Waals surface area (Å²) in [5.41, 5.74) is 0.0537. The first-order chi connectivity index (χ1) is 12.0. The number of nitrogens with one attached hydrogen (secondary N) is 1. The highest BCUT2D eigenvalue weighted by Crippen LogP contribution is 2.28. The van der Waals surface area contributed by atoms with Gasteiger partial charge < -0.3 is 19.9 Å². The molecule has 0 fully saturated rings. The number of aliphatic hydroxyl groups is 1. The van der Waals surface area contributed by atoms with Gasteiger partial charge in [-0.2, -0.15) is 0 Å². The maximum atomic E-state index is 12.4. The number of hydrogen-bond donors (Lipinski definition) is 2. The summed E-state index contributed by atoms with van der Waals surface area (Å²) >= 11 is 0. The van der Waals surface area contributed by atoms with Crippen molar-refractivity contribution in [2.24, 2.45) is 0 Å². The van der Waals surface area contributed by atoms with E-state index in [-0.39, 0.29) is 12.5 Å². The Bertz CT molecular complexity index is 698. The smallest absolute Gasteiger partial charge is 0.251 e. The largest absolute Gasteiger partial charge is 0.490 e. The van der Waals surface area contributed by atoms with Crippen LogP contribution in [-0.4, -0.2) is 30.8 Å². The molecule has 1 amide bonds. The lowest BCUT2D eigenvalue weighted by Gasteiger charge is -2.24. The van der Waals surface area contributed by atoms with Crippen LogP contribution in [0, 0.1) is 0 Å². The summed E-state index contributed by atoms with van der Waals surface area (Å²) < 4.78 is 11.0. The van der Waals surface area contributed by atoms with E-state index in [9.17, 15) is 9.90 Å². The molecule has 2 rings (SSSR count). The molecule has 0 radical (unpaired) electrons. The fourth-order valence-corrected chi connectivity index (χ4v) is 2.45. The van der Waals surface area contributed by atoms with E-state index in [0.717, 1.165) is 5.56 Å². The molecule has 2 N–H and O–H groups in total. The van der Waals surface area contributed by atoms with E-state index in [0.29, 0.717) is 30.3 Å². The van der Waals surface area contributed by atoms with Crippen molar-refractivity contribution in [1.29, 1.82) is 0 Å². The van der Waals surface area contributed by atoms with Crippen LogP contribution in [0.1, 0.15) is 36.7 Å². The van der Waals surface area contributed by atoms with Gasteiger partial charge in [0.1, 0.15) is 5.60 Å². The molecule has 0 saturated heterocycles. The van der Waals surface area contributed by atoms with Gasteiger partial charge in [-0.05, 0) is 44.5 Å². The summed E-state index contributed by atoms with van der Waals surface area (Å²) in [6.45, 7) is 6.54. The van der Waals surface area contributed by atoms with E-state index in [4.69, 9.17) is 9.47 Å². The Labute approximate surface area is 148 Å². The number of amides is 1. The fourth-order valence-electron chi connectivity index (χ4n) is 2.45. The van der Waals surface area contributed by atoms with Crippen LogP contribution in [0.15, 0.2) is 48.5 Å². The number of hydrogen-bond acceptors (Lipinski definition) is 4. The van der Waals surface area contributed by atoms with E-state index < -0.39 is 5.60 Å². The topological polar surface area (TPSA) is 67.8 Å². The monoisotopic (exact) mass is 343 g/mol. The van der Waals surface area contributed by atoms with Gasteiger partial charge in [0.05, 0.1) is 19.8 Å². The lowest BCUT2D eigenvalue weighted by Crippen LogP contribution is -2.38. The minimum atomic E-state index is -1.15. The molecule has 0 heterocycles. The molecule has 0 spiro atoms. The van der Waals surface area contributed by atoms with E-state index in [1.807, 2.05) is 44.2 Å². The second kappa shape index (κ2) is 8.53. The van der Waals surface area contributed by atoms with Gasteiger partial charge >= 0.3 is 0 Å². The van der Waals surface area contributed by atoms with Crippen molar-refractivity contribution in [3.05, 3.63) is 59.7 Å². The van der Waals surface area contributed by atoms with Crippen LogP contribution in [0.5, 0.6) is 11.5 Å². The van der Waals surface area contributed by atoms with Crippen LogP contribution in [0.4, 0.5) is 0 Å². The predicted octanol–water partition coefficient (Wildman–Crippen LogP) is 3.12. The number of ether oxygens (including phenoxy) is 2. The van der Waals surface area contributed by atoms with Gasteiger partial charge in [-0.1, -0.05) is 30.3 Å². The first-order valence-electron chi connectivity index (χ1n) is 8.43. The van der Waals surface area contributed by atoms with Crippen molar-refractivity contribution in [2.75, 3.05) is 19.8 Å².